The normalized spacial score (nSPS) is 28.6. The minimum absolute atomic E-state index is 0.0890. The van der Waals surface area contributed by atoms with E-state index < -0.39 is 0 Å². The molecule has 2 aliphatic heterocycles. The van der Waals surface area contributed by atoms with Crippen molar-refractivity contribution in [2.75, 3.05) is 32.7 Å². The number of carbonyl (C=O) groups is 2. The topological polar surface area (TPSA) is 66.6 Å². The van der Waals surface area contributed by atoms with Gasteiger partial charge in [-0.05, 0) is 24.8 Å². The van der Waals surface area contributed by atoms with Gasteiger partial charge in [-0.2, -0.15) is 0 Å². The third-order valence-corrected chi connectivity index (χ3v) is 4.09. The molecule has 5 heteroatoms. The van der Waals surface area contributed by atoms with Crippen LogP contribution < -0.4 is 5.73 Å². The molecule has 19 heavy (non-hydrogen) atoms. The van der Waals surface area contributed by atoms with Gasteiger partial charge in [0, 0.05) is 32.6 Å². The zero-order valence-electron chi connectivity index (χ0n) is 12.0. The molecule has 0 aliphatic carbocycles. The third kappa shape index (κ3) is 3.69. The molecule has 0 aromatic carbocycles. The smallest absolute Gasteiger partial charge is 0.223 e. The Morgan fingerprint density at radius 1 is 1.42 bits per heavy atom. The van der Waals surface area contributed by atoms with Crippen LogP contribution in [0.25, 0.3) is 0 Å². The standard InChI is InChI=1S/C14H25N3O2/c1-10(2)6-16-4-3-11(7-16)8-17-9-12(14(15)19)5-13(17)18/h10-12H,3-9H2,1-2H3,(H2,15,19). The zero-order valence-corrected chi connectivity index (χ0v) is 12.0. The van der Waals surface area contributed by atoms with Crippen molar-refractivity contribution in [3.05, 3.63) is 0 Å². The minimum atomic E-state index is -0.344. The molecule has 2 saturated heterocycles. The fourth-order valence-electron chi connectivity index (χ4n) is 3.19. The van der Waals surface area contributed by atoms with Crippen LogP contribution in [0.15, 0.2) is 0 Å². The monoisotopic (exact) mass is 267 g/mol. The molecule has 0 aromatic heterocycles. The lowest BCUT2D eigenvalue weighted by molar-refractivity contribution is -0.128. The number of hydrogen-bond acceptors (Lipinski definition) is 3. The highest BCUT2D eigenvalue weighted by atomic mass is 16.2. The molecule has 0 spiro atoms. The molecule has 2 fully saturated rings. The summed E-state index contributed by atoms with van der Waals surface area (Å²) in [5.74, 6) is 0.705. The van der Waals surface area contributed by atoms with Crippen LogP contribution in [0.3, 0.4) is 0 Å². The van der Waals surface area contributed by atoms with E-state index in [0.29, 0.717) is 24.8 Å². The summed E-state index contributed by atoms with van der Waals surface area (Å²) in [6, 6.07) is 0. The van der Waals surface area contributed by atoms with E-state index in [2.05, 4.69) is 18.7 Å². The van der Waals surface area contributed by atoms with Crippen molar-refractivity contribution in [2.45, 2.75) is 26.7 Å². The molecule has 0 saturated carbocycles. The molecule has 0 bridgehead atoms. The third-order valence-electron chi connectivity index (χ3n) is 4.09. The summed E-state index contributed by atoms with van der Waals surface area (Å²) in [4.78, 5) is 27.3. The van der Waals surface area contributed by atoms with E-state index in [1.807, 2.05) is 4.90 Å². The van der Waals surface area contributed by atoms with Gasteiger partial charge in [-0.25, -0.2) is 0 Å². The maximum Gasteiger partial charge on any atom is 0.223 e. The predicted octanol–water partition coefficient (Wildman–Crippen LogP) is 0.298. The summed E-state index contributed by atoms with van der Waals surface area (Å²) in [6.45, 7) is 9.11. The molecule has 2 atom stereocenters. The SMILES string of the molecule is CC(C)CN1CCC(CN2CC(C(N)=O)CC2=O)C1. The van der Waals surface area contributed by atoms with Crippen LogP contribution in [0, 0.1) is 17.8 Å². The molecule has 5 nitrogen and oxygen atoms in total. The number of rotatable bonds is 5. The van der Waals surface area contributed by atoms with Crippen molar-refractivity contribution < 1.29 is 9.59 Å². The van der Waals surface area contributed by atoms with E-state index in [9.17, 15) is 9.59 Å². The van der Waals surface area contributed by atoms with Crippen LogP contribution >= 0.6 is 0 Å². The lowest BCUT2D eigenvalue weighted by Gasteiger charge is -2.22. The Bertz CT molecular complexity index is 357. The van der Waals surface area contributed by atoms with E-state index in [1.165, 1.54) is 0 Å². The van der Waals surface area contributed by atoms with Crippen molar-refractivity contribution in [1.82, 2.24) is 9.80 Å². The average Bonchev–Trinajstić information content (AvgIpc) is 2.87. The molecule has 2 rings (SSSR count). The number of primary amides is 1. The van der Waals surface area contributed by atoms with Gasteiger partial charge in [0.05, 0.1) is 5.92 Å². The second kappa shape index (κ2) is 5.90. The highest BCUT2D eigenvalue weighted by molar-refractivity contribution is 5.88. The Labute approximate surface area is 115 Å². The summed E-state index contributed by atoms with van der Waals surface area (Å²) in [5.41, 5.74) is 5.28. The Morgan fingerprint density at radius 3 is 2.74 bits per heavy atom. The molecule has 2 aliphatic rings. The van der Waals surface area contributed by atoms with Crippen molar-refractivity contribution in [2.24, 2.45) is 23.5 Å². The number of likely N-dealkylation sites (tertiary alicyclic amines) is 2. The molecule has 2 amide bonds. The Balaban J connectivity index is 1.80. The van der Waals surface area contributed by atoms with E-state index >= 15 is 0 Å². The number of hydrogen-bond donors (Lipinski definition) is 1. The van der Waals surface area contributed by atoms with Gasteiger partial charge in [-0.15, -0.1) is 0 Å². The molecule has 2 heterocycles. The van der Waals surface area contributed by atoms with Gasteiger partial charge < -0.3 is 15.5 Å². The maximum atomic E-state index is 11.8. The van der Waals surface area contributed by atoms with Crippen molar-refractivity contribution in [3.8, 4) is 0 Å². The number of nitrogens with zero attached hydrogens (tertiary/aromatic N) is 2. The van der Waals surface area contributed by atoms with E-state index in [0.717, 1.165) is 32.6 Å². The lowest BCUT2D eigenvalue weighted by Crippen LogP contribution is -2.34. The zero-order chi connectivity index (χ0) is 14.0. The Hall–Kier alpha value is -1.10. The first-order valence-corrected chi connectivity index (χ1v) is 7.25. The first-order chi connectivity index (χ1) is 8.95. The first kappa shape index (κ1) is 14.3. The van der Waals surface area contributed by atoms with Gasteiger partial charge in [0.2, 0.25) is 11.8 Å². The quantitative estimate of drug-likeness (QED) is 0.779. The summed E-state index contributed by atoms with van der Waals surface area (Å²) >= 11 is 0. The highest BCUT2D eigenvalue weighted by Crippen LogP contribution is 2.23. The van der Waals surface area contributed by atoms with Crippen LogP contribution in [0.1, 0.15) is 26.7 Å². The second-order valence-corrected chi connectivity index (χ2v) is 6.41. The molecule has 108 valence electrons. The summed E-state index contributed by atoms with van der Waals surface area (Å²) < 4.78 is 0. The van der Waals surface area contributed by atoms with Gasteiger partial charge in [-0.3, -0.25) is 9.59 Å². The predicted molar refractivity (Wildman–Crippen MR) is 73.3 cm³/mol. The second-order valence-electron chi connectivity index (χ2n) is 6.41. The molecular formula is C14H25N3O2. The van der Waals surface area contributed by atoms with Crippen LogP contribution in [-0.2, 0) is 9.59 Å². The van der Waals surface area contributed by atoms with Crippen molar-refractivity contribution in [3.63, 3.8) is 0 Å². The fourth-order valence-corrected chi connectivity index (χ4v) is 3.19. The molecule has 2 unspecified atom stereocenters. The summed E-state index contributed by atoms with van der Waals surface area (Å²) in [7, 11) is 0. The fraction of sp³-hybridized carbons (Fsp3) is 0.857. The summed E-state index contributed by atoms with van der Waals surface area (Å²) in [5, 5.41) is 0. The lowest BCUT2D eigenvalue weighted by atomic mass is 10.1. The average molecular weight is 267 g/mol. The summed E-state index contributed by atoms with van der Waals surface area (Å²) in [6.07, 6.45) is 1.45. The number of amides is 2. The van der Waals surface area contributed by atoms with E-state index in [4.69, 9.17) is 5.73 Å². The van der Waals surface area contributed by atoms with Crippen LogP contribution in [0.2, 0.25) is 0 Å². The molecular weight excluding hydrogens is 242 g/mol. The Kier molecular flexibility index (Phi) is 4.45. The minimum Gasteiger partial charge on any atom is -0.369 e. The van der Waals surface area contributed by atoms with Gasteiger partial charge in [0.1, 0.15) is 0 Å². The number of nitrogens with two attached hydrogens (primary N) is 1. The molecule has 2 N–H and O–H groups in total. The van der Waals surface area contributed by atoms with Crippen LogP contribution in [-0.4, -0.2) is 54.3 Å². The molecule has 0 aromatic rings. The first-order valence-electron chi connectivity index (χ1n) is 7.25. The van der Waals surface area contributed by atoms with Crippen molar-refractivity contribution >= 4 is 11.8 Å². The van der Waals surface area contributed by atoms with Crippen LogP contribution in [0.5, 0.6) is 0 Å². The van der Waals surface area contributed by atoms with E-state index in [-0.39, 0.29) is 17.7 Å². The van der Waals surface area contributed by atoms with Gasteiger partial charge in [-0.1, -0.05) is 13.8 Å². The number of carbonyl (C=O) groups excluding carboxylic acids is 2. The van der Waals surface area contributed by atoms with Gasteiger partial charge in [0.15, 0.2) is 0 Å². The van der Waals surface area contributed by atoms with Gasteiger partial charge >= 0.3 is 0 Å². The van der Waals surface area contributed by atoms with E-state index in [1.54, 1.807) is 0 Å². The molecule has 0 radical (unpaired) electrons. The van der Waals surface area contributed by atoms with Crippen molar-refractivity contribution in [1.29, 1.82) is 0 Å². The van der Waals surface area contributed by atoms with Gasteiger partial charge in [0.25, 0.3) is 0 Å². The Morgan fingerprint density at radius 2 is 2.16 bits per heavy atom. The largest absolute Gasteiger partial charge is 0.369 e. The maximum absolute atomic E-state index is 11.8. The highest BCUT2D eigenvalue weighted by Gasteiger charge is 2.35. The van der Waals surface area contributed by atoms with Crippen LogP contribution in [0.4, 0.5) is 0 Å².